The van der Waals surface area contributed by atoms with Crippen molar-refractivity contribution in [1.29, 1.82) is 0 Å². The predicted octanol–water partition coefficient (Wildman–Crippen LogP) is 0.392. The second kappa shape index (κ2) is 5.59. The summed E-state index contributed by atoms with van der Waals surface area (Å²) in [6, 6.07) is 0. The summed E-state index contributed by atoms with van der Waals surface area (Å²) in [5.74, 6) is -1.59. The van der Waals surface area contributed by atoms with Gasteiger partial charge in [-0.15, -0.1) is 0 Å². The molecule has 0 saturated carbocycles. The second-order valence-corrected chi connectivity index (χ2v) is 3.63. The molecule has 0 aromatic rings. The lowest BCUT2D eigenvalue weighted by molar-refractivity contribution is -0.140. The Morgan fingerprint density at radius 3 is 2.43 bits per heavy atom. The first-order chi connectivity index (χ1) is 6.37. The Morgan fingerprint density at radius 1 is 1.43 bits per heavy atom. The first-order valence-electron chi connectivity index (χ1n) is 4.41. The molecule has 82 valence electrons. The molecule has 0 bridgehead atoms. The number of carboxylic acids is 1. The van der Waals surface area contributed by atoms with Gasteiger partial charge in [0, 0.05) is 13.7 Å². The predicted molar refractivity (Wildman–Crippen MR) is 51.0 cm³/mol. The number of aliphatic carboxylic acids is 1. The summed E-state index contributed by atoms with van der Waals surface area (Å²) in [5.41, 5.74) is -0.295. The van der Waals surface area contributed by atoms with Gasteiger partial charge >= 0.3 is 5.97 Å². The van der Waals surface area contributed by atoms with Crippen LogP contribution < -0.4 is 5.32 Å². The van der Waals surface area contributed by atoms with E-state index < -0.39 is 18.3 Å². The van der Waals surface area contributed by atoms with E-state index in [2.05, 4.69) is 5.32 Å². The van der Waals surface area contributed by atoms with Gasteiger partial charge in [0.25, 0.3) is 0 Å². The van der Waals surface area contributed by atoms with Crippen LogP contribution in [-0.4, -0.2) is 36.2 Å². The van der Waals surface area contributed by atoms with E-state index in [9.17, 15) is 9.59 Å². The summed E-state index contributed by atoms with van der Waals surface area (Å²) >= 11 is 0. The van der Waals surface area contributed by atoms with Crippen LogP contribution in [-0.2, 0) is 14.3 Å². The molecule has 0 saturated heterocycles. The summed E-state index contributed by atoms with van der Waals surface area (Å²) in [5, 5.41) is 10.8. The smallest absolute Gasteiger partial charge is 0.312 e. The molecule has 0 aliphatic carbocycles. The van der Waals surface area contributed by atoms with Crippen LogP contribution in [0, 0.1) is 0 Å². The van der Waals surface area contributed by atoms with Gasteiger partial charge in [0.15, 0.2) is 0 Å². The van der Waals surface area contributed by atoms with Crippen molar-refractivity contribution in [1.82, 2.24) is 5.32 Å². The zero-order chi connectivity index (χ0) is 11.2. The van der Waals surface area contributed by atoms with E-state index >= 15 is 0 Å². The zero-order valence-electron chi connectivity index (χ0n) is 8.79. The molecule has 0 fully saturated rings. The Labute approximate surface area is 83.4 Å². The van der Waals surface area contributed by atoms with Crippen LogP contribution in [0.1, 0.15) is 26.7 Å². The Bertz CT molecular complexity index is 213. The molecule has 14 heavy (non-hydrogen) atoms. The van der Waals surface area contributed by atoms with Gasteiger partial charge in [0.2, 0.25) is 5.91 Å². The van der Waals surface area contributed by atoms with Gasteiger partial charge in [-0.25, -0.2) is 0 Å². The van der Waals surface area contributed by atoms with Crippen molar-refractivity contribution >= 4 is 11.9 Å². The van der Waals surface area contributed by atoms with Crippen molar-refractivity contribution < 1.29 is 19.4 Å². The van der Waals surface area contributed by atoms with Crippen molar-refractivity contribution in [2.75, 3.05) is 13.7 Å². The lowest BCUT2D eigenvalue weighted by Gasteiger charge is -2.22. The van der Waals surface area contributed by atoms with Crippen molar-refractivity contribution in [2.24, 2.45) is 0 Å². The fourth-order valence-electron chi connectivity index (χ4n) is 0.805. The first kappa shape index (κ1) is 12.9. The minimum atomic E-state index is -1.12. The van der Waals surface area contributed by atoms with Gasteiger partial charge in [0.1, 0.15) is 6.42 Å². The van der Waals surface area contributed by atoms with E-state index in [1.807, 2.05) is 13.8 Å². The monoisotopic (exact) mass is 203 g/mol. The minimum Gasteiger partial charge on any atom is -0.481 e. The number of rotatable bonds is 6. The fraction of sp³-hybridized carbons (Fsp3) is 0.778. The van der Waals surface area contributed by atoms with E-state index in [-0.39, 0.29) is 5.60 Å². The summed E-state index contributed by atoms with van der Waals surface area (Å²) in [7, 11) is 1.60. The van der Waals surface area contributed by atoms with Gasteiger partial charge in [-0.1, -0.05) is 0 Å². The lowest BCUT2D eigenvalue weighted by atomic mass is 10.1. The van der Waals surface area contributed by atoms with Crippen LogP contribution in [0.15, 0.2) is 0 Å². The average molecular weight is 203 g/mol. The fourth-order valence-corrected chi connectivity index (χ4v) is 0.805. The van der Waals surface area contributed by atoms with Crippen LogP contribution in [0.5, 0.6) is 0 Å². The molecular formula is C9H17NO4. The lowest BCUT2D eigenvalue weighted by Crippen LogP contribution is -2.32. The molecule has 0 aromatic carbocycles. The van der Waals surface area contributed by atoms with Gasteiger partial charge in [-0.05, 0) is 20.3 Å². The maximum Gasteiger partial charge on any atom is 0.312 e. The number of ether oxygens (including phenoxy) is 1. The first-order valence-corrected chi connectivity index (χ1v) is 4.41. The highest BCUT2D eigenvalue weighted by Gasteiger charge is 2.16. The molecule has 1 amide bonds. The summed E-state index contributed by atoms with van der Waals surface area (Å²) in [4.78, 5) is 21.0. The molecule has 0 rings (SSSR count). The summed E-state index contributed by atoms with van der Waals surface area (Å²) < 4.78 is 5.13. The van der Waals surface area contributed by atoms with Crippen LogP contribution >= 0.6 is 0 Å². The van der Waals surface area contributed by atoms with Crippen molar-refractivity contribution in [3.63, 3.8) is 0 Å². The molecule has 5 nitrogen and oxygen atoms in total. The Hall–Kier alpha value is -1.10. The molecule has 0 aromatic heterocycles. The Morgan fingerprint density at radius 2 is 2.00 bits per heavy atom. The van der Waals surface area contributed by atoms with E-state index in [0.29, 0.717) is 13.0 Å². The third kappa shape index (κ3) is 6.42. The van der Waals surface area contributed by atoms with Gasteiger partial charge in [-0.2, -0.15) is 0 Å². The molecule has 0 aliphatic rings. The highest BCUT2D eigenvalue weighted by Crippen LogP contribution is 2.11. The van der Waals surface area contributed by atoms with Crippen LogP contribution in [0.4, 0.5) is 0 Å². The average Bonchev–Trinajstić information content (AvgIpc) is 2.02. The zero-order valence-corrected chi connectivity index (χ0v) is 8.79. The van der Waals surface area contributed by atoms with Crippen molar-refractivity contribution in [3.05, 3.63) is 0 Å². The highest BCUT2D eigenvalue weighted by atomic mass is 16.5. The number of nitrogens with one attached hydrogen (secondary N) is 1. The van der Waals surface area contributed by atoms with Crippen molar-refractivity contribution in [2.45, 2.75) is 32.3 Å². The third-order valence-corrected chi connectivity index (χ3v) is 1.91. The quantitative estimate of drug-likeness (QED) is 0.612. The van der Waals surface area contributed by atoms with E-state index in [4.69, 9.17) is 9.84 Å². The molecule has 0 spiro atoms. The van der Waals surface area contributed by atoms with E-state index in [1.54, 1.807) is 7.11 Å². The molecule has 0 heterocycles. The number of carboxylic acid groups (broad SMARTS) is 1. The second-order valence-electron chi connectivity index (χ2n) is 3.63. The molecular weight excluding hydrogens is 186 g/mol. The molecule has 5 heteroatoms. The number of hydrogen-bond donors (Lipinski definition) is 2. The van der Waals surface area contributed by atoms with Crippen LogP contribution in [0.2, 0.25) is 0 Å². The molecule has 0 unspecified atom stereocenters. The third-order valence-electron chi connectivity index (χ3n) is 1.91. The Balaban J connectivity index is 3.64. The largest absolute Gasteiger partial charge is 0.481 e. The van der Waals surface area contributed by atoms with Crippen LogP contribution in [0.25, 0.3) is 0 Å². The molecule has 0 radical (unpaired) electrons. The Kier molecular flexibility index (Phi) is 5.15. The number of carbonyl (C=O) groups excluding carboxylic acids is 1. The van der Waals surface area contributed by atoms with Crippen molar-refractivity contribution in [3.8, 4) is 0 Å². The summed E-state index contributed by atoms with van der Waals surface area (Å²) in [6.45, 7) is 4.22. The number of amides is 1. The number of carbonyl (C=O) groups is 2. The normalized spacial score (nSPS) is 11.1. The summed E-state index contributed by atoms with van der Waals surface area (Å²) in [6.07, 6.45) is 0.169. The highest BCUT2D eigenvalue weighted by molar-refractivity contribution is 5.93. The standard InChI is InChI=1S/C9H17NO4/c1-9(2,14-3)4-5-10-7(11)6-8(12)13/h4-6H2,1-3H3,(H,10,11)(H,12,13). The SMILES string of the molecule is COC(C)(C)CCNC(=O)CC(=O)O. The van der Waals surface area contributed by atoms with E-state index in [0.717, 1.165) is 0 Å². The number of methoxy groups -OCH3 is 1. The van der Waals surface area contributed by atoms with Gasteiger partial charge in [0.05, 0.1) is 5.60 Å². The van der Waals surface area contributed by atoms with E-state index in [1.165, 1.54) is 0 Å². The number of hydrogen-bond acceptors (Lipinski definition) is 3. The maximum atomic E-state index is 10.9. The maximum absolute atomic E-state index is 10.9. The topological polar surface area (TPSA) is 75.6 Å². The molecule has 0 aliphatic heterocycles. The van der Waals surface area contributed by atoms with Crippen LogP contribution in [0.3, 0.4) is 0 Å². The van der Waals surface area contributed by atoms with Gasteiger partial charge < -0.3 is 15.2 Å². The molecule has 0 atom stereocenters. The minimum absolute atomic E-state index is 0.295. The molecule has 2 N–H and O–H groups in total. The van der Waals surface area contributed by atoms with Gasteiger partial charge in [-0.3, -0.25) is 9.59 Å².